The monoisotopic (exact) mass is 309 g/mol. The lowest BCUT2D eigenvalue weighted by atomic mass is 9.98. The third-order valence-corrected chi connectivity index (χ3v) is 4.33. The minimum absolute atomic E-state index is 0.367. The van der Waals surface area contributed by atoms with E-state index < -0.39 is 0 Å². The number of methoxy groups -OCH3 is 1. The molecule has 0 amide bonds. The standard InChI is InChI=1S/C17H19N5O/c1-23-15-8-9-18-17(21-15)22-10-4-5-12(11-22)16-19-13-6-2-3-7-14(13)20-16/h2-3,6-9,12H,4-5,10-11H2,1H3,(H,19,20)/t12-/m1/s1. The van der Waals surface area contributed by atoms with Crippen molar-refractivity contribution in [1.29, 1.82) is 0 Å². The maximum Gasteiger partial charge on any atom is 0.228 e. The molecular weight excluding hydrogens is 290 g/mol. The second-order valence-electron chi connectivity index (χ2n) is 5.82. The SMILES string of the molecule is COc1ccnc(N2CCC[C@@H](c3nc4ccccc4[nH]3)C2)n1. The number of hydrogen-bond acceptors (Lipinski definition) is 5. The molecule has 3 heterocycles. The van der Waals surface area contributed by atoms with Crippen LogP contribution in [0.2, 0.25) is 0 Å². The van der Waals surface area contributed by atoms with Gasteiger partial charge in [0.1, 0.15) is 5.82 Å². The lowest BCUT2D eigenvalue weighted by Gasteiger charge is -2.31. The molecule has 6 heteroatoms. The van der Waals surface area contributed by atoms with E-state index in [9.17, 15) is 0 Å². The molecule has 2 aromatic heterocycles. The summed E-state index contributed by atoms with van der Waals surface area (Å²) in [5.41, 5.74) is 2.12. The molecule has 1 fully saturated rings. The molecule has 23 heavy (non-hydrogen) atoms. The molecule has 1 aromatic carbocycles. The first-order chi connectivity index (χ1) is 11.3. The van der Waals surface area contributed by atoms with Crippen molar-refractivity contribution in [3.8, 4) is 5.88 Å². The number of imidazole rings is 1. The summed E-state index contributed by atoms with van der Waals surface area (Å²) >= 11 is 0. The number of aromatic nitrogens is 4. The fourth-order valence-electron chi connectivity index (χ4n) is 3.15. The highest BCUT2D eigenvalue weighted by Crippen LogP contribution is 2.28. The van der Waals surface area contributed by atoms with Crippen LogP contribution in [0, 0.1) is 0 Å². The summed E-state index contributed by atoms with van der Waals surface area (Å²) in [4.78, 5) is 19.3. The quantitative estimate of drug-likeness (QED) is 0.806. The number of fused-ring (bicyclic) bond motifs is 1. The number of H-pyrrole nitrogens is 1. The zero-order valence-electron chi connectivity index (χ0n) is 13.1. The predicted octanol–water partition coefficient (Wildman–Crippen LogP) is 2.75. The van der Waals surface area contributed by atoms with E-state index in [1.165, 1.54) is 0 Å². The Hall–Kier alpha value is -2.63. The maximum absolute atomic E-state index is 5.20. The van der Waals surface area contributed by atoms with Gasteiger partial charge < -0.3 is 14.6 Å². The molecule has 0 unspecified atom stereocenters. The molecule has 1 atom stereocenters. The molecule has 1 aliphatic rings. The number of hydrogen-bond donors (Lipinski definition) is 1. The summed E-state index contributed by atoms with van der Waals surface area (Å²) in [5.74, 6) is 2.75. The smallest absolute Gasteiger partial charge is 0.228 e. The van der Waals surface area contributed by atoms with E-state index in [2.05, 4.69) is 25.9 Å². The minimum atomic E-state index is 0.367. The van der Waals surface area contributed by atoms with E-state index in [1.807, 2.05) is 18.2 Å². The summed E-state index contributed by atoms with van der Waals surface area (Å²) in [6.45, 7) is 1.83. The van der Waals surface area contributed by atoms with Crippen molar-refractivity contribution < 1.29 is 4.74 Å². The molecular formula is C17H19N5O. The van der Waals surface area contributed by atoms with Crippen LogP contribution >= 0.6 is 0 Å². The van der Waals surface area contributed by atoms with Crippen molar-refractivity contribution in [2.24, 2.45) is 0 Å². The van der Waals surface area contributed by atoms with Gasteiger partial charge in [0.25, 0.3) is 0 Å². The van der Waals surface area contributed by atoms with Gasteiger partial charge in [0.05, 0.1) is 18.1 Å². The van der Waals surface area contributed by atoms with Crippen molar-refractivity contribution in [1.82, 2.24) is 19.9 Å². The number of nitrogens with zero attached hydrogens (tertiary/aromatic N) is 4. The maximum atomic E-state index is 5.20. The van der Waals surface area contributed by atoms with Crippen LogP contribution in [0.3, 0.4) is 0 Å². The first-order valence-electron chi connectivity index (χ1n) is 7.90. The van der Waals surface area contributed by atoms with E-state index in [-0.39, 0.29) is 0 Å². The van der Waals surface area contributed by atoms with Crippen molar-refractivity contribution >= 4 is 17.0 Å². The third kappa shape index (κ3) is 2.72. The number of ether oxygens (including phenoxy) is 1. The van der Waals surface area contributed by atoms with Crippen LogP contribution in [0.25, 0.3) is 11.0 Å². The number of benzene rings is 1. The fourth-order valence-corrected chi connectivity index (χ4v) is 3.15. The number of anilines is 1. The van der Waals surface area contributed by atoms with Crippen molar-refractivity contribution in [3.63, 3.8) is 0 Å². The predicted molar refractivity (Wildman–Crippen MR) is 88.9 cm³/mol. The number of para-hydroxylation sites is 2. The Morgan fingerprint density at radius 2 is 2.13 bits per heavy atom. The Morgan fingerprint density at radius 1 is 1.22 bits per heavy atom. The molecule has 0 saturated carbocycles. The Kier molecular flexibility index (Phi) is 3.57. The van der Waals surface area contributed by atoms with Crippen LogP contribution < -0.4 is 9.64 Å². The average Bonchev–Trinajstić information content (AvgIpc) is 3.06. The highest BCUT2D eigenvalue weighted by molar-refractivity contribution is 5.74. The molecule has 1 N–H and O–H groups in total. The summed E-state index contributed by atoms with van der Waals surface area (Å²) in [6.07, 6.45) is 3.97. The minimum Gasteiger partial charge on any atom is -0.481 e. The van der Waals surface area contributed by atoms with Gasteiger partial charge in [0.15, 0.2) is 0 Å². The molecule has 0 aliphatic carbocycles. The lowest BCUT2D eigenvalue weighted by molar-refractivity contribution is 0.395. The molecule has 3 aromatic rings. The second kappa shape index (κ2) is 5.87. The molecule has 118 valence electrons. The first kappa shape index (κ1) is 14.0. The van der Waals surface area contributed by atoms with Crippen LogP contribution in [0.4, 0.5) is 5.95 Å². The van der Waals surface area contributed by atoms with Gasteiger partial charge in [-0.3, -0.25) is 0 Å². The summed E-state index contributed by atoms with van der Waals surface area (Å²) in [6, 6.07) is 9.93. The third-order valence-electron chi connectivity index (χ3n) is 4.33. The zero-order valence-corrected chi connectivity index (χ0v) is 13.1. The molecule has 0 spiro atoms. The van der Waals surface area contributed by atoms with E-state index in [0.29, 0.717) is 11.8 Å². The number of rotatable bonds is 3. The van der Waals surface area contributed by atoms with Gasteiger partial charge in [-0.25, -0.2) is 9.97 Å². The Labute approximate surface area is 134 Å². The van der Waals surface area contributed by atoms with Gasteiger partial charge in [-0.1, -0.05) is 12.1 Å². The van der Waals surface area contributed by atoms with Crippen LogP contribution in [-0.4, -0.2) is 40.1 Å². The van der Waals surface area contributed by atoms with Crippen molar-refractivity contribution in [2.45, 2.75) is 18.8 Å². The molecule has 0 radical (unpaired) electrons. The first-order valence-corrected chi connectivity index (χ1v) is 7.90. The van der Waals surface area contributed by atoms with Crippen LogP contribution in [0.15, 0.2) is 36.5 Å². The Morgan fingerprint density at radius 3 is 3.00 bits per heavy atom. The number of nitrogens with one attached hydrogen (secondary N) is 1. The summed E-state index contributed by atoms with van der Waals surface area (Å²) in [7, 11) is 1.62. The average molecular weight is 309 g/mol. The topological polar surface area (TPSA) is 66.9 Å². The highest BCUT2D eigenvalue weighted by Gasteiger charge is 2.25. The fraction of sp³-hybridized carbons (Fsp3) is 0.353. The van der Waals surface area contributed by atoms with Gasteiger partial charge in [-0.05, 0) is 25.0 Å². The number of aromatic amines is 1. The van der Waals surface area contributed by atoms with Crippen LogP contribution in [-0.2, 0) is 0 Å². The molecule has 0 bridgehead atoms. The van der Waals surface area contributed by atoms with E-state index >= 15 is 0 Å². The Bertz CT molecular complexity index is 782. The Balaban J connectivity index is 1.58. The largest absolute Gasteiger partial charge is 0.481 e. The summed E-state index contributed by atoms with van der Waals surface area (Å²) in [5, 5.41) is 0. The lowest BCUT2D eigenvalue weighted by Crippen LogP contribution is -2.35. The van der Waals surface area contributed by atoms with Crippen LogP contribution in [0.1, 0.15) is 24.6 Å². The molecule has 1 saturated heterocycles. The highest BCUT2D eigenvalue weighted by atomic mass is 16.5. The second-order valence-corrected chi connectivity index (χ2v) is 5.82. The van der Waals surface area contributed by atoms with Gasteiger partial charge in [0.2, 0.25) is 11.8 Å². The molecule has 4 rings (SSSR count). The normalized spacial score (nSPS) is 18.3. The van der Waals surface area contributed by atoms with Crippen molar-refractivity contribution in [3.05, 3.63) is 42.4 Å². The summed E-state index contributed by atoms with van der Waals surface area (Å²) < 4.78 is 5.20. The van der Waals surface area contributed by atoms with Crippen LogP contribution in [0.5, 0.6) is 5.88 Å². The van der Waals surface area contributed by atoms with E-state index in [0.717, 1.165) is 48.7 Å². The van der Waals surface area contributed by atoms with Gasteiger partial charge in [-0.2, -0.15) is 4.98 Å². The van der Waals surface area contributed by atoms with Gasteiger partial charge in [0, 0.05) is 31.3 Å². The molecule has 6 nitrogen and oxygen atoms in total. The van der Waals surface area contributed by atoms with E-state index in [1.54, 1.807) is 19.4 Å². The van der Waals surface area contributed by atoms with E-state index in [4.69, 9.17) is 9.72 Å². The van der Waals surface area contributed by atoms with Crippen molar-refractivity contribution in [2.75, 3.05) is 25.1 Å². The van der Waals surface area contributed by atoms with Gasteiger partial charge in [-0.15, -0.1) is 0 Å². The van der Waals surface area contributed by atoms with Gasteiger partial charge >= 0.3 is 0 Å². The zero-order chi connectivity index (χ0) is 15.6. The number of piperidine rings is 1. The molecule has 1 aliphatic heterocycles.